The number of hydrogen-bond acceptors (Lipinski definition) is 5. The first kappa shape index (κ1) is 18.7. The topological polar surface area (TPSA) is 77.1 Å². The average molecular weight is 370 g/mol. The molecule has 27 heavy (non-hydrogen) atoms. The van der Waals surface area contributed by atoms with Gasteiger partial charge in [-0.15, -0.1) is 0 Å². The van der Waals surface area contributed by atoms with Crippen LogP contribution in [0.25, 0.3) is 0 Å². The molecule has 0 saturated carbocycles. The largest absolute Gasteiger partial charge is 0.493 e. The molecule has 3 rings (SSSR count). The fourth-order valence-corrected chi connectivity index (χ4v) is 2.72. The average Bonchev–Trinajstić information content (AvgIpc) is 2.73. The number of carbonyl (C=O) groups is 2. The summed E-state index contributed by atoms with van der Waals surface area (Å²) in [5, 5.41) is 2.75. The summed E-state index contributed by atoms with van der Waals surface area (Å²) in [5.41, 5.74) is 1.18. The molecule has 1 fully saturated rings. The number of carbonyl (C=O) groups excluding carboxylic acids is 2. The highest BCUT2D eigenvalue weighted by Crippen LogP contribution is 2.25. The second-order valence-electron chi connectivity index (χ2n) is 5.97. The number of anilines is 1. The smallest absolute Gasteiger partial charge is 0.262 e. The van der Waals surface area contributed by atoms with Crippen molar-refractivity contribution in [1.29, 1.82) is 0 Å². The molecule has 2 amide bonds. The minimum absolute atomic E-state index is 0.0318. The predicted octanol–water partition coefficient (Wildman–Crippen LogP) is 2.19. The molecular formula is C20H22N2O5. The van der Waals surface area contributed by atoms with E-state index in [1.807, 2.05) is 6.07 Å². The lowest BCUT2D eigenvalue weighted by Crippen LogP contribution is -2.40. The van der Waals surface area contributed by atoms with E-state index >= 15 is 0 Å². The van der Waals surface area contributed by atoms with Crippen molar-refractivity contribution in [2.24, 2.45) is 0 Å². The quantitative estimate of drug-likeness (QED) is 0.843. The number of nitrogens with zero attached hydrogens (tertiary/aromatic N) is 1. The Balaban J connectivity index is 1.53. The number of morpholine rings is 1. The van der Waals surface area contributed by atoms with Gasteiger partial charge in [0, 0.05) is 24.3 Å². The van der Waals surface area contributed by atoms with Crippen LogP contribution in [0.2, 0.25) is 0 Å². The summed E-state index contributed by atoms with van der Waals surface area (Å²) >= 11 is 0. The van der Waals surface area contributed by atoms with Gasteiger partial charge in [-0.05, 0) is 36.4 Å². The SMILES string of the molecule is COc1ccccc1OCC(=O)Nc1ccc(C(=O)N2CCOCC2)cc1. The van der Waals surface area contributed by atoms with Gasteiger partial charge in [0.25, 0.3) is 11.8 Å². The zero-order chi connectivity index (χ0) is 19.1. The Kier molecular flexibility index (Phi) is 6.27. The number of para-hydroxylation sites is 2. The van der Waals surface area contributed by atoms with Crippen molar-refractivity contribution in [2.75, 3.05) is 45.3 Å². The Morgan fingerprint density at radius 2 is 1.70 bits per heavy atom. The number of ether oxygens (including phenoxy) is 3. The van der Waals surface area contributed by atoms with E-state index in [9.17, 15) is 9.59 Å². The highest BCUT2D eigenvalue weighted by atomic mass is 16.5. The molecule has 1 heterocycles. The maximum Gasteiger partial charge on any atom is 0.262 e. The lowest BCUT2D eigenvalue weighted by molar-refractivity contribution is -0.118. The summed E-state index contributed by atoms with van der Waals surface area (Å²) in [6, 6.07) is 13.9. The number of amides is 2. The molecule has 0 unspecified atom stereocenters. The molecular weight excluding hydrogens is 348 g/mol. The molecule has 0 atom stereocenters. The first-order valence-electron chi connectivity index (χ1n) is 8.70. The van der Waals surface area contributed by atoms with Gasteiger partial charge in [0.05, 0.1) is 20.3 Å². The summed E-state index contributed by atoms with van der Waals surface area (Å²) in [6.07, 6.45) is 0. The third-order valence-electron chi connectivity index (χ3n) is 4.14. The molecule has 2 aromatic carbocycles. The molecule has 1 aliphatic heterocycles. The minimum Gasteiger partial charge on any atom is -0.493 e. The minimum atomic E-state index is -0.298. The molecule has 1 saturated heterocycles. The first-order chi connectivity index (χ1) is 13.2. The lowest BCUT2D eigenvalue weighted by atomic mass is 10.1. The molecule has 0 aliphatic carbocycles. The van der Waals surface area contributed by atoms with Crippen molar-refractivity contribution < 1.29 is 23.8 Å². The summed E-state index contributed by atoms with van der Waals surface area (Å²) in [7, 11) is 1.54. The number of methoxy groups -OCH3 is 1. The molecule has 1 aliphatic rings. The van der Waals surface area contributed by atoms with E-state index in [0.717, 1.165) is 0 Å². The molecule has 0 bridgehead atoms. The second kappa shape index (κ2) is 9.05. The molecule has 142 valence electrons. The zero-order valence-corrected chi connectivity index (χ0v) is 15.1. The molecule has 7 nitrogen and oxygen atoms in total. The van der Waals surface area contributed by atoms with Gasteiger partial charge in [-0.1, -0.05) is 12.1 Å². The molecule has 7 heteroatoms. The highest BCUT2D eigenvalue weighted by molar-refractivity contribution is 5.96. The van der Waals surface area contributed by atoms with Crippen LogP contribution in [0.3, 0.4) is 0 Å². The van der Waals surface area contributed by atoms with Crippen molar-refractivity contribution in [1.82, 2.24) is 4.90 Å². The van der Waals surface area contributed by atoms with E-state index in [-0.39, 0.29) is 18.4 Å². The Bertz CT molecular complexity index is 785. The Morgan fingerprint density at radius 1 is 1.04 bits per heavy atom. The van der Waals surface area contributed by atoms with Crippen LogP contribution in [0.15, 0.2) is 48.5 Å². The van der Waals surface area contributed by atoms with E-state index in [0.29, 0.717) is 49.1 Å². The van der Waals surface area contributed by atoms with Crippen molar-refractivity contribution >= 4 is 17.5 Å². The summed E-state index contributed by atoms with van der Waals surface area (Å²) in [4.78, 5) is 26.3. The second-order valence-corrected chi connectivity index (χ2v) is 5.97. The van der Waals surface area contributed by atoms with Crippen LogP contribution in [0.5, 0.6) is 11.5 Å². The van der Waals surface area contributed by atoms with Gasteiger partial charge in [-0.3, -0.25) is 9.59 Å². The fraction of sp³-hybridized carbons (Fsp3) is 0.300. The van der Waals surface area contributed by atoms with Crippen molar-refractivity contribution in [3.8, 4) is 11.5 Å². The predicted molar refractivity (Wildman–Crippen MR) is 100 cm³/mol. The Labute approximate surface area is 157 Å². The van der Waals surface area contributed by atoms with Crippen LogP contribution in [0.1, 0.15) is 10.4 Å². The summed E-state index contributed by atoms with van der Waals surface area (Å²) in [5.74, 6) is 0.738. The molecule has 1 N–H and O–H groups in total. The van der Waals surface area contributed by atoms with Crippen LogP contribution in [-0.2, 0) is 9.53 Å². The van der Waals surface area contributed by atoms with Crippen LogP contribution >= 0.6 is 0 Å². The van der Waals surface area contributed by atoms with E-state index < -0.39 is 0 Å². The van der Waals surface area contributed by atoms with Gasteiger partial charge in [0.15, 0.2) is 18.1 Å². The van der Waals surface area contributed by atoms with E-state index in [1.54, 1.807) is 54.5 Å². The van der Waals surface area contributed by atoms with E-state index in [4.69, 9.17) is 14.2 Å². The Morgan fingerprint density at radius 3 is 2.37 bits per heavy atom. The monoisotopic (exact) mass is 370 g/mol. The van der Waals surface area contributed by atoms with Gasteiger partial charge >= 0.3 is 0 Å². The standard InChI is InChI=1S/C20H22N2O5/c1-25-17-4-2-3-5-18(17)27-14-19(23)21-16-8-6-15(7-9-16)20(24)22-10-12-26-13-11-22/h2-9H,10-14H2,1H3,(H,21,23). The summed E-state index contributed by atoms with van der Waals surface area (Å²) in [6.45, 7) is 2.17. The van der Waals surface area contributed by atoms with Crippen molar-refractivity contribution in [3.05, 3.63) is 54.1 Å². The maximum absolute atomic E-state index is 12.4. The first-order valence-corrected chi connectivity index (χ1v) is 8.70. The van der Waals surface area contributed by atoms with Crippen LogP contribution in [0.4, 0.5) is 5.69 Å². The van der Waals surface area contributed by atoms with Crippen molar-refractivity contribution in [2.45, 2.75) is 0 Å². The van der Waals surface area contributed by atoms with Gasteiger partial charge in [-0.2, -0.15) is 0 Å². The normalized spacial score (nSPS) is 13.7. The van der Waals surface area contributed by atoms with Crippen LogP contribution < -0.4 is 14.8 Å². The molecule has 0 aromatic heterocycles. The third kappa shape index (κ3) is 4.98. The van der Waals surface area contributed by atoms with Gasteiger partial charge in [0.1, 0.15) is 0 Å². The summed E-state index contributed by atoms with van der Waals surface area (Å²) < 4.78 is 15.9. The van der Waals surface area contributed by atoms with Crippen molar-refractivity contribution in [3.63, 3.8) is 0 Å². The van der Waals surface area contributed by atoms with E-state index in [2.05, 4.69) is 5.32 Å². The third-order valence-corrected chi connectivity index (χ3v) is 4.14. The number of benzene rings is 2. The fourth-order valence-electron chi connectivity index (χ4n) is 2.72. The van der Waals surface area contributed by atoms with Gasteiger partial charge < -0.3 is 24.4 Å². The molecule has 0 radical (unpaired) electrons. The molecule has 2 aromatic rings. The lowest BCUT2D eigenvalue weighted by Gasteiger charge is -2.26. The van der Waals surface area contributed by atoms with Gasteiger partial charge in [-0.25, -0.2) is 0 Å². The van der Waals surface area contributed by atoms with Gasteiger partial charge in [0.2, 0.25) is 0 Å². The number of rotatable bonds is 6. The number of hydrogen-bond donors (Lipinski definition) is 1. The maximum atomic E-state index is 12.4. The van der Waals surface area contributed by atoms with E-state index in [1.165, 1.54) is 0 Å². The van der Waals surface area contributed by atoms with Crippen LogP contribution in [0, 0.1) is 0 Å². The van der Waals surface area contributed by atoms with Crippen LogP contribution in [-0.4, -0.2) is 56.7 Å². The number of nitrogens with one attached hydrogen (secondary N) is 1. The Hall–Kier alpha value is -3.06. The highest BCUT2D eigenvalue weighted by Gasteiger charge is 2.18. The zero-order valence-electron chi connectivity index (χ0n) is 15.1. The molecule has 0 spiro atoms.